The number of hydrogen-bond acceptors (Lipinski definition) is 3. The summed E-state index contributed by atoms with van der Waals surface area (Å²) in [5, 5.41) is 2.70. The molecule has 0 fully saturated rings. The zero-order valence-corrected chi connectivity index (χ0v) is 12.8. The van der Waals surface area contributed by atoms with Crippen LogP contribution < -0.4 is 10.1 Å². The zero-order chi connectivity index (χ0) is 16.2. The monoisotopic (exact) mass is 307 g/mol. The maximum atomic E-state index is 12.2. The van der Waals surface area contributed by atoms with E-state index in [1.165, 1.54) is 6.92 Å². The summed E-state index contributed by atoms with van der Waals surface area (Å²) >= 11 is 0. The summed E-state index contributed by atoms with van der Waals surface area (Å²) in [5.41, 5.74) is 3.39. The van der Waals surface area contributed by atoms with E-state index in [9.17, 15) is 9.59 Å². The highest BCUT2D eigenvalue weighted by Crippen LogP contribution is 2.26. The number of benzene rings is 2. The number of carbonyl (C=O) groups is 2. The van der Waals surface area contributed by atoms with E-state index >= 15 is 0 Å². The van der Waals surface area contributed by atoms with Gasteiger partial charge in [-0.05, 0) is 47.5 Å². The second-order valence-electron chi connectivity index (χ2n) is 5.42. The van der Waals surface area contributed by atoms with Gasteiger partial charge in [0.2, 0.25) is 5.91 Å². The van der Waals surface area contributed by atoms with Crippen molar-refractivity contribution in [3.63, 3.8) is 0 Å². The van der Waals surface area contributed by atoms with Crippen LogP contribution in [0.2, 0.25) is 0 Å². The molecule has 0 radical (unpaired) electrons. The molecule has 1 amide bonds. The number of ketones is 1. The Morgan fingerprint density at radius 3 is 2.65 bits per heavy atom. The Labute approximate surface area is 134 Å². The SMILES string of the molecule is CC(=O)Nc1ccc(/C=C/C(=O)c2ccc3c(c2)CCO3)cc1. The molecule has 0 spiro atoms. The molecule has 0 bridgehead atoms. The van der Waals surface area contributed by atoms with Gasteiger partial charge in [-0.3, -0.25) is 9.59 Å². The van der Waals surface area contributed by atoms with E-state index in [0.717, 1.165) is 29.0 Å². The Kier molecular flexibility index (Phi) is 4.24. The van der Waals surface area contributed by atoms with Gasteiger partial charge in [-0.2, -0.15) is 0 Å². The predicted octanol–water partition coefficient (Wildman–Crippen LogP) is 3.48. The normalized spacial score (nSPS) is 12.7. The molecule has 0 aliphatic carbocycles. The molecule has 2 aromatic carbocycles. The smallest absolute Gasteiger partial charge is 0.221 e. The van der Waals surface area contributed by atoms with Crippen LogP contribution in [0.4, 0.5) is 5.69 Å². The van der Waals surface area contributed by atoms with Crippen LogP contribution in [0.15, 0.2) is 48.5 Å². The van der Waals surface area contributed by atoms with Crippen molar-refractivity contribution < 1.29 is 14.3 Å². The Balaban J connectivity index is 1.69. The minimum Gasteiger partial charge on any atom is -0.493 e. The first-order valence-electron chi connectivity index (χ1n) is 7.47. The largest absolute Gasteiger partial charge is 0.493 e. The number of fused-ring (bicyclic) bond motifs is 1. The lowest BCUT2D eigenvalue weighted by Crippen LogP contribution is -2.05. The van der Waals surface area contributed by atoms with Crippen LogP contribution in [0.5, 0.6) is 5.75 Å². The predicted molar refractivity (Wildman–Crippen MR) is 89.8 cm³/mol. The third-order valence-electron chi connectivity index (χ3n) is 3.63. The van der Waals surface area contributed by atoms with E-state index < -0.39 is 0 Å². The first kappa shape index (κ1) is 15.0. The van der Waals surface area contributed by atoms with Gasteiger partial charge in [0.15, 0.2) is 5.78 Å². The summed E-state index contributed by atoms with van der Waals surface area (Å²) in [6.45, 7) is 2.15. The molecule has 0 unspecified atom stereocenters. The van der Waals surface area contributed by atoms with Gasteiger partial charge >= 0.3 is 0 Å². The molecule has 4 heteroatoms. The van der Waals surface area contributed by atoms with E-state index in [0.29, 0.717) is 12.2 Å². The Morgan fingerprint density at radius 2 is 1.91 bits per heavy atom. The zero-order valence-electron chi connectivity index (χ0n) is 12.8. The number of allylic oxidation sites excluding steroid dienone is 1. The van der Waals surface area contributed by atoms with Crippen LogP contribution in [-0.2, 0) is 11.2 Å². The van der Waals surface area contributed by atoms with Gasteiger partial charge < -0.3 is 10.1 Å². The van der Waals surface area contributed by atoms with Crippen molar-refractivity contribution in [3.8, 4) is 5.75 Å². The van der Waals surface area contributed by atoms with Crippen molar-refractivity contribution >= 4 is 23.5 Å². The van der Waals surface area contributed by atoms with Gasteiger partial charge in [-0.25, -0.2) is 0 Å². The number of hydrogen-bond donors (Lipinski definition) is 1. The second-order valence-corrected chi connectivity index (χ2v) is 5.42. The third kappa shape index (κ3) is 3.66. The number of rotatable bonds is 4. The molecule has 1 aliphatic rings. The fourth-order valence-corrected chi connectivity index (χ4v) is 2.49. The maximum absolute atomic E-state index is 12.2. The van der Waals surface area contributed by atoms with E-state index in [2.05, 4.69) is 5.32 Å². The summed E-state index contributed by atoms with van der Waals surface area (Å²) < 4.78 is 5.44. The lowest BCUT2D eigenvalue weighted by Gasteiger charge is -2.02. The molecule has 1 heterocycles. The molecule has 23 heavy (non-hydrogen) atoms. The first-order chi connectivity index (χ1) is 11.1. The van der Waals surface area contributed by atoms with Gasteiger partial charge in [-0.1, -0.05) is 18.2 Å². The molecule has 0 saturated carbocycles. The van der Waals surface area contributed by atoms with E-state index in [1.54, 1.807) is 30.4 Å². The number of ether oxygens (including phenoxy) is 1. The summed E-state index contributed by atoms with van der Waals surface area (Å²) in [6, 6.07) is 12.9. The molecule has 0 saturated heterocycles. The molecule has 4 nitrogen and oxygen atoms in total. The maximum Gasteiger partial charge on any atom is 0.221 e. The average Bonchev–Trinajstić information content (AvgIpc) is 3.01. The first-order valence-corrected chi connectivity index (χ1v) is 7.47. The Morgan fingerprint density at radius 1 is 1.13 bits per heavy atom. The lowest BCUT2D eigenvalue weighted by atomic mass is 10.0. The van der Waals surface area contributed by atoms with Gasteiger partial charge in [0, 0.05) is 24.6 Å². The molecule has 0 aromatic heterocycles. The van der Waals surface area contributed by atoms with Crippen molar-refractivity contribution in [2.24, 2.45) is 0 Å². The van der Waals surface area contributed by atoms with Crippen molar-refractivity contribution in [1.29, 1.82) is 0 Å². The number of carbonyl (C=O) groups excluding carboxylic acids is 2. The van der Waals surface area contributed by atoms with Crippen molar-refractivity contribution in [2.45, 2.75) is 13.3 Å². The van der Waals surface area contributed by atoms with Crippen LogP contribution >= 0.6 is 0 Å². The molecular formula is C19H17NO3. The molecule has 1 N–H and O–H groups in total. The average molecular weight is 307 g/mol. The number of anilines is 1. The third-order valence-corrected chi connectivity index (χ3v) is 3.63. The summed E-state index contributed by atoms with van der Waals surface area (Å²) in [5.74, 6) is 0.730. The number of nitrogens with one attached hydrogen (secondary N) is 1. The fourth-order valence-electron chi connectivity index (χ4n) is 2.49. The molecule has 3 rings (SSSR count). The Bertz CT molecular complexity index is 776. The molecule has 2 aromatic rings. The van der Waals surface area contributed by atoms with Crippen molar-refractivity contribution in [1.82, 2.24) is 0 Å². The van der Waals surface area contributed by atoms with E-state index in [4.69, 9.17) is 4.74 Å². The van der Waals surface area contributed by atoms with Gasteiger partial charge in [0.25, 0.3) is 0 Å². The fraction of sp³-hybridized carbons (Fsp3) is 0.158. The Hall–Kier alpha value is -2.88. The van der Waals surface area contributed by atoms with Gasteiger partial charge in [0.05, 0.1) is 6.61 Å². The minimum absolute atomic E-state index is 0.0364. The lowest BCUT2D eigenvalue weighted by molar-refractivity contribution is -0.114. The molecule has 116 valence electrons. The summed E-state index contributed by atoms with van der Waals surface area (Å²) in [7, 11) is 0. The van der Waals surface area contributed by atoms with Crippen LogP contribution in [0.1, 0.15) is 28.4 Å². The highest BCUT2D eigenvalue weighted by Gasteiger charge is 2.13. The second kappa shape index (κ2) is 6.48. The summed E-state index contributed by atoms with van der Waals surface area (Å²) in [4.78, 5) is 23.2. The van der Waals surface area contributed by atoms with Crippen molar-refractivity contribution in [2.75, 3.05) is 11.9 Å². The topological polar surface area (TPSA) is 55.4 Å². The van der Waals surface area contributed by atoms with Crippen molar-refractivity contribution in [3.05, 3.63) is 65.2 Å². The summed E-state index contributed by atoms with van der Waals surface area (Å²) in [6.07, 6.45) is 4.18. The molecule has 1 aliphatic heterocycles. The van der Waals surface area contributed by atoms with Gasteiger partial charge in [-0.15, -0.1) is 0 Å². The van der Waals surface area contributed by atoms with Gasteiger partial charge in [0.1, 0.15) is 5.75 Å². The minimum atomic E-state index is -0.107. The molecular weight excluding hydrogens is 290 g/mol. The van der Waals surface area contributed by atoms with E-state index in [-0.39, 0.29) is 11.7 Å². The van der Waals surface area contributed by atoms with E-state index in [1.807, 2.05) is 24.3 Å². The highest BCUT2D eigenvalue weighted by atomic mass is 16.5. The number of amides is 1. The van der Waals surface area contributed by atoms with Crippen LogP contribution in [0.3, 0.4) is 0 Å². The van der Waals surface area contributed by atoms with Crippen LogP contribution in [0.25, 0.3) is 6.08 Å². The standard InChI is InChI=1S/C19H17NO3/c1-13(21)20-17-6-2-14(3-7-17)4-8-18(22)15-5-9-19-16(12-15)10-11-23-19/h2-9,12H,10-11H2,1H3,(H,20,21)/b8-4+. The molecule has 0 atom stereocenters. The van der Waals surface area contributed by atoms with Crippen LogP contribution in [0, 0.1) is 0 Å². The van der Waals surface area contributed by atoms with Crippen LogP contribution in [-0.4, -0.2) is 18.3 Å². The highest BCUT2D eigenvalue weighted by molar-refractivity contribution is 6.07. The quantitative estimate of drug-likeness (QED) is 0.695.